The van der Waals surface area contributed by atoms with Gasteiger partial charge in [0.25, 0.3) is 0 Å². The highest BCUT2D eigenvalue weighted by Crippen LogP contribution is 2.24. The van der Waals surface area contributed by atoms with Gasteiger partial charge in [0, 0.05) is 25.8 Å². The van der Waals surface area contributed by atoms with Crippen molar-refractivity contribution in [1.82, 2.24) is 15.0 Å². The quantitative estimate of drug-likeness (QED) is 0.740. The number of nitrogen functional groups attached to an aromatic ring is 1. The summed E-state index contributed by atoms with van der Waals surface area (Å²) in [5.74, 6) is 1.05. The molecule has 2 aromatic rings. The third-order valence-corrected chi connectivity index (χ3v) is 3.26. The summed E-state index contributed by atoms with van der Waals surface area (Å²) < 4.78 is 1.80. The number of anilines is 2. The van der Waals surface area contributed by atoms with Gasteiger partial charge in [0.1, 0.15) is 5.82 Å². The lowest BCUT2D eigenvalue weighted by molar-refractivity contribution is 0.657. The minimum Gasteiger partial charge on any atom is -0.399 e. The summed E-state index contributed by atoms with van der Waals surface area (Å²) in [5.41, 5.74) is 9.35. The lowest BCUT2D eigenvalue weighted by Gasteiger charge is -2.30. The van der Waals surface area contributed by atoms with Crippen molar-refractivity contribution in [1.29, 1.82) is 0 Å². The van der Waals surface area contributed by atoms with Crippen LogP contribution in [-0.2, 0) is 20.0 Å². The monoisotopic (exact) mass is 229 g/mol. The van der Waals surface area contributed by atoms with Crippen LogP contribution in [0, 0.1) is 0 Å². The molecule has 1 aromatic heterocycles. The molecule has 3 rings (SSSR count). The molecule has 0 unspecified atom stereocenters. The fourth-order valence-corrected chi connectivity index (χ4v) is 2.34. The lowest BCUT2D eigenvalue weighted by Crippen LogP contribution is -2.31. The van der Waals surface area contributed by atoms with Crippen LogP contribution in [0.1, 0.15) is 11.1 Å². The minimum atomic E-state index is 0.828. The Morgan fingerprint density at radius 3 is 2.94 bits per heavy atom. The number of aryl methyl sites for hydroxylation is 1. The fourth-order valence-electron chi connectivity index (χ4n) is 2.34. The van der Waals surface area contributed by atoms with Gasteiger partial charge in [0.15, 0.2) is 0 Å². The smallest absolute Gasteiger partial charge is 0.147 e. The number of hydrogen-bond donors (Lipinski definition) is 1. The van der Waals surface area contributed by atoms with E-state index >= 15 is 0 Å². The van der Waals surface area contributed by atoms with Gasteiger partial charge >= 0.3 is 0 Å². The maximum absolute atomic E-state index is 5.83. The zero-order valence-electron chi connectivity index (χ0n) is 9.80. The molecular weight excluding hydrogens is 214 g/mol. The number of nitrogens with two attached hydrogens (primary N) is 1. The maximum atomic E-state index is 5.83. The predicted octanol–water partition coefficient (Wildman–Crippen LogP) is 0.960. The molecule has 0 radical (unpaired) electrons. The molecule has 0 saturated carbocycles. The van der Waals surface area contributed by atoms with E-state index in [4.69, 9.17) is 5.73 Å². The van der Waals surface area contributed by atoms with Crippen LogP contribution in [0.4, 0.5) is 11.5 Å². The predicted molar refractivity (Wildman–Crippen MR) is 66.6 cm³/mol. The van der Waals surface area contributed by atoms with Crippen LogP contribution in [0.2, 0.25) is 0 Å². The average Bonchev–Trinajstić information content (AvgIpc) is 2.74. The molecule has 1 aliphatic heterocycles. The Morgan fingerprint density at radius 2 is 2.18 bits per heavy atom. The Balaban J connectivity index is 1.92. The molecule has 5 nitrogen and oxygen atoms in total. The number of nitrogens with zero attached hydrogens (tertiary/aromatic N) is 4. The van der Waals surface area contributed by atoms with E-state index in [2.05, 4.69) is 27.3 Å². The van der Waals surface area contributed by atoms with E-state index in [1.165, 1.54) is 11.1 Å². The van der Waals surface area contributed by atoms with Crippen molar-refractivity contribution < 1.29 is 0 Å². The van der Waals surface area contributed by atoms with Crippen molar-refractivity contribution in [3.63, 3.8) is 0 Å². The second kappa shape index (κ2) is 3.76. The zero-order chi connectivity index (χ0) is 11.8. The first-order chi connectivity index (χ1) is 8.24. The van der Waals surface area contributed by atoms with Crippen molar-refractivity contribution in [2.75, 3.05) is 17.2 Å². The average molecular weight is 229 g/mol. The Morgan fingerprint density at radius 1 is 1.29 bits per heavy atom. The first kappa shape index (κ1) is 10.1. The van der Waals surface area contributed by atoms with Crippen LogP contribution in [-0.4, -0.2) is 21.5 Å². The second-order valence-electron chi connectivity index (χ2n) is 4.42. The third kappa shape index (κ3) is 1.73. The molecule has 2 N–H and O–H groups in total. The number of fused-ring (bicyclic) bond motifs is 1. The normalized spacial score (nSPS) is 14.8. The fraction of sp³-hybridized carbons (Fsp3) is 0.333. The van der Waals surface area contributed by atoms with Crippen LogP contribution in [0.15, 0.2) is 24.4 Å². The maximum Gasteiger partial charge on any atom is 0.147 e. The van der Waals surface area contributed by atoms with Gasteiger partial charge in [-0.05, 0) is 29.7 Å². The van der Waals surface area contributed by atoms with Crippen LogP contribution < -0.4 is 10.6 Å². The molecule has 1 aromatic carbocycles. The Labute approximate surface area is 99.8 Å². The van der Waals surface area contributed by atoms with Crippen LogP contribution in [0.3, 0.4) is 0 Å². The molecule has 0 bridgehead atoms. The summed E-state index contributed by atoms with van der Waals surface area (Å²) in [5, 5.41) is 7.88. The zero-order valence-corrected chi connectivity index (χ0v) is 9.80. The van der Waals surface area contributed by atoms with Gasteiger partial charge in [-0.2, -0.15) is 0 Å². The standard InChI is InChI=1S/C12H15N5/c1-16-12(7-14-15-16)17-5-4-9-2-3-11(13)6-10(9)8-17/h2-3,6-7H,4-5,8,13H2,1H3. The Hall–Kier alpha value is -2.04. The summed E-state index contributed by atoms with van der Waals surface area (Å²) in [7, 11) is 1.91. The molecule has 1 aliphatic rings. The molecule has 5 heteroatoms. The summed E-state index contributed by atoms with van der Waals surface area (Å²) in [6.07, 6.45) is 2.85. The highest BCUT2D eigenvalue weighted by molar-refractivity contribution is 5.49. The van der Waals surface area contributed by atoms with E-state index in [-0.39, 0.29) is 0 Å². The Kier molecular flexibility index (Phi) is 2.24. The molecule has 0 saturated heterocycles. The molecule has 0 spiro atoms. The summed E-state index contributed by atoms with van der Waals surface area (Å²) in [6, 6.07) is 6.16. The number of rotatable bonds is 1. The van der Waals surface area contributed by atoms with Crippen molar-refractivity contribution in [2.24, 2.45) is 7.05 Å². The van der Waals surface area contributed by atoms with Crippen molar-refractivity contribution in [3.05, 3.63) is 35.5 Å². The van der Waals surface area contributed by atoms with Gasteiger partial charge in [0.2, 0.25) is 0 Å². The Bertz CT molecular complexity index is 546. The molecule has 0 atom stereocenters. The van der Waals surface area contributed by atoms with E-state index in [9.17, 15) is 0 Å². The van der Waals surface area contributed by atoms with Crippen LogP contribution in [0.25, 0.3) is 0 Å². The van der Waals surface area contributed by atoms with Gasteiger partial charge in [-0.3, -0.25) is 0 Å². The van der Waals surface area contributed by atoms with Gasteiger partial charge in [-0.1, -0.05) is 11.3 Å². The summed E-state index contributed by atoms with van der Waals surface area (Å²) in [4.78, 5) is 2.28. The van der Waals surface area contributed by atoms with Crippen LogP contribution >= 0.6 is 0 Å². The number of hydrogen-bond acceptors (Lipinski definition) is 4. The van der Waals surface area contributed by atoms with Crippen molar-refractivity contribution in [3.8, 4) is 0 Å². The van der Waals surface area contributed by atoms with Crippen LogP contribution in [0.5, 0.6) is 0 Å². The first-order valence-corrected chi connectivity index (χ1v) is 5.71. The molecule has 0 fully saturated rings. The van der Waals surface area contributed by atoms with E-state index in [1.54, 1.807) is 10.9 Å². The third-order valence-electron chi connectivity index (χ3n) is 3.26. The highest BCUT2D eigenvalue weighted by Gasteiger charge is 2.18. The summed E-state index contributed by atoms with van der Waals surface area (Å²) in [6.45, 7) is 1.87. The molecule has 2 heterocycles. The van der Waals surface area contributed by atoms with Gasteiger partial charge in [-0.15, -0.1) is 5.10 Å². The minimum absolute atomic E-state index is 0.828. The first-order valence-electron chi connectivity index (χ1n) is 5.71. The SMILES string of the molecule is Cn1nncc1N1CCc2ccc(N)cc2C1. The molecule has 88 valence electrons. The largest absolute Gasteiger partial charge is 0.399 e. The summed E-state index contributed by atoms with van der Waals surface area (Å²) >= 11 is 0. The van der Waals surface area contributed by atoms with Crippen molar-refractivity contribution in [2.45, 2.75) is 13.0 Å². The van der Waals surface area contributed by atoms with E-state index in [1.807, 2.05) is 13.1 Å². The van der Waals surface area contributed by atoms with E-state index in [0.29, 0.717) is 0 Å². The highest BCUT2D eigenvalue weighted by atomic mass is 15.5. The van der Waals surface area contributed by atoms with Gasteiger partial charge in [0.05, 0.1) is 6.20 Å². The number of benzene rings is 1. The van der Waals surface area contributed by atoms with Crippen molar-refractivity contribution >= 4 is 11.5 Å². The molecule has 17 heavy (non-hydrogen) atoms. The topological polar surface area (TPSA) is 60.0 Å². The van der Waals surface area contributed by atoms with E-state index in [0.717, 1.165) is 31.0 Å². The van der Waals surface area contributed by atoms with Gasteiger partial charge in [-0.25, -0.2) is 4.68 Å². The van der Waals surface area contributed by atoms with Gasteiger partial charge < -0.3 is 10.6 Å². The number of aromatic nitrogens is 3. The molecule has 0 aliphatic carbocycles. The van der Waals surface area contributed by atoms with E-state index < -0.39 is 0 Å². The molecule has 0 amide bonds. The molecular formula is C12H15N5. The lowest BCUT2D eigenvalue weighted by atomic mass is 9.99. The second-order valence-corrected chi connectivity index (χ2v) is 4.42.